The van der Waals surface area contributed by atoms with Crippen LogP contribution in [0.2, 0.25) is 0 Å². The number of fused-ring (bicyclic) bond motifs is 1. The van der Waals surface area contributed by atoms with Crippen LogP contribution in [-0.4, -0.2) is 85.0 Å². The molecular formula is C37H52N4O8. The maximum Gasteiger partial charge on any atom is 0.332 e. The number of ether oxygens (including phenoxy) is 5. The van der Waals surface area contributed by atoms with E-state index in [4.69, 9.17) is 28.7 Å². The Morgan fingerprint density at radius 2 is 1.33 bits per heavy atom. The lowest BCUT2D eigenvalue weighted by molar-refractivity contribution is -0.139. The molecule has 0 aliphatic heterocycles. The first-order chi connectivity index (χ1) is 24.0. The Labute approximate surface area is 287 Å². The minimum atomic E-state index is -0.463. The van der Waals surface area contributed by atoms with E-state index in [2.05, 4.69) is 4.98 Å². The highest BCUT2D eigenvalue weighted by atomic mass is 16.6. The van der Waals surface area contributed by atoms with Crippen LogP contribution < -0.4 is 11.2 Å². The van der Waals surface area contributed by atoms with Gasteiger partial charge in [-0.1, -0.05) is 62.8 Å². The van der Waals surface area contributed by atoms with Gasteiger partial charge < -0.3 is 28.7 Å². The summed E-state index contributed by atoms with van der Waals surface area (Å²) in [6.07, 6.45) is 14.4. The number of rotatable bonds is 19. The molecule has 268 valence electrons. The van der Waals surface area contributed by atoms with Crippen molar-refractivity contribution in [3.63, 3.8) is 0 Å². The number of imidazole rings is 1. The minimum Gasteiger partial charge on any atom is -0.460 e. The van der Waals surface area contributed by atoms with Gasteiger partial charge in [-0.15, -0.1) is 0 Å². The summed E-state index contributed by atoms with van der Waals surface area (Å²) in [6, 6.07) is 7.51. The lowest BCUT2D eigenvalue weighted by Crippen LogP contribution is -2.42. The maximum atomic E-state index is 13.9. The molecule has 0 bridgehead atoms. The van der Waals surface area contributed by atoms with Crippen LogP contribution in [0.1, 0.15) is 69.8 Å². The fraction of sp³-hybridized carbons (Fsp3) is 0.622. The molecule has 2 saturated carbocycles. The number of aromatic amines is 1. The SMILES string of the molecule is COCCOCCOCCOCCOC(=O)/C=C/c1ccc(-c2nc3c([nH]2)c(=O)n(CC2CCCCC2)c(=O)n3CC2CCCCC2)cc1. The van der Waals surface area contributed by atoms with Gasteiger partial charge >= 0.3 is 11.7 Å². The van der Waals surface area contributed by atoms with Crippen molar-refractivity contribution in [3.05, 3.63) is 56.7 Å². The molecule has 2 aliphatic rings. The lowest BCUT2D eigenvalue weighted by atomic mass is 9.89. The first-order valence-corrected chi connectivity index (χ1v) is 17.9. The van der Waals surface area contributed by atoms with E-state index in [1.54, 1.807) is 17.8 Å². The van der Waals surface area contributed by atoms with Crippen LogP contribution in [0.3, 0.4) is 0 Å². The number of nitrogens with one attached hydrogen (secondary N) is 1. The summed E-state index contributed by atoms with van der Waals surface area (Å²) in [5, 5.41) is 0. The second-order valence-electron chi connectivity index (χ2n) is 13.1. The smallest absolute Gasteiger partial charge is 0.332 e. The Bertz CT molecular complexity index is 1600. The van der Waals surface area contributed by atoms with Gasteiger partial charge in [-0.25, -0.2) is 14.6 Å². The van der Waals surface area contributed by atoms with Gasteiger partial charge in [0.2, 0.25) is 0 Å². The molecule has 1 aromatic carbocycles. The highest BCUT2D eigenvalue weighted by Crippen LogP contribution is 2.27. The summed E-state index contributed by atoms with van der Waals surface area (Å²) in [5.74, 6) is 0.828. The quantitative estimate of drug-likeness (QED) is 0.106. The third kappa shape index (κ3) is 11.0. The number of carbonyl (C=O) groups excluding carboxylic acids is 1. The molecule has 12 nitrogen and oxygen atoms in total. The van der Waals surface area contributed by atoms with Crippen molar-refractivity contribution in [1.82, 2.24) is 19.1 Å². The van der Waals surface area contributed by atoms with Crippen molar-refractivity contribution in [2.24, 2.45) is 11.8 Å². The first kappa shape index (κ1) is 36.7. The zero-order chi connectivity index (χ0) is 34.3. The number of H-pyrrole nitrogens is 1. The summed E-state index contributed by atoms with van der Waals surface area (Å²) < 4.78 is 29.5. The van der Waals surface area contributed by atoms with Gasteiger partial charge in [0.05, 0.1) is 46.2 Å². The molecule has 1 N–H and O–H groups in total. The molecule has 0 amide bonds. The molecule has 2 fully saturated rings. The number of hydrogen-bond acceptors (Lipinski definition) is 9. The van der Waals surface area contributed by atoms with E-state index in [0.29, 0.717) is 81.6 Å². The van der Waals surface area contributed by atoms with E-state index in [-0.39, 0.29) is 24.5 Å². The van der Waals surface area contributed by atoms with Gasteiger partial charge in [-0.2, -0.15) is 0 Å². The van der Waals surface area contributed by atoms with Crippen LogP contribution in [0.5, 0.6) is 0 Å². The molecule has 2 aromatic heterocycles. The number of carbonyl (C=O) groups is 1. The monoisotopic (exact) mass is 680 g/mol. The zero-order valence-electron chi connectivity index (χ0n) is 28.9. The fourth-order valence-corrected chi connectivity index (χ4v) is 6.73. The highest BCUT2D eigenvalue weighted by Gasteiger charge is 2.24. The standard InChI is InChI=1S/C37H52N4O8/c1-45-18-19-46-20-21-47-22-23-48-24-25-49-32(42)17-14-28-12-15-31(16-13-28)34-38-33-35(39-34)40(26-29-8-4-2-5-9-29)37(44)41(36(33)43)27-30-10-6-3-7-11-30/h12-17,29-30H,2-11,18-27H2,1H3,(H,38,39)/b17-14+. The largest absolute Gasteiger partial charge is 0.460 e. The summed E-state index contributed by atoms with van der Waals surface area (Å²) in [7, 11) is 1.63. The average Bonchev–Trinajstić information content (AvgIpc) is 3.58. The molecule has 49 heavy (non-hydrogen) atoms. The van der Waals surface area contributed by atoms with Crippen molar-refractivity contribution in [3.8, 4) is 11.4 Å². The Morgan fingerprint density at radius 3 is 1.92 bits per heavy atom. The Kier molecular flexibility index (Phi) is 14.7. The number of benzene rings is 1. The summed E-state index contributed by atoms with van der Waals surface area (Å²) in [6.45, 7) is 4.38. The van der Waals surface area contributed by atoms with E-state index < -0.39 is 5.97 Å². The molecule has 0 saturated heterocycles. The molecule has 0 unspecified atom stereocenters. The topological polar surface area (TPSA) is 136 Å². The zero-order valence-corrected chi connectivity index (χ0v) is 28.9. The van der Waals surface area contributed by atoms with E-state index in [1.807, 2.05) is 24.3 Å². The number of methoxy groups -OCH3 is 1. The number of aromatic nitrogens is 4. The third-order valence-corrected chi connectivity index (χ3v) is 9.44. The van der Waals surface area contributed by atoms with Crippen molar-refractivity contribution < 1.29 is 28.5 Å². The summed E-state index contributed by atoms with van der Waals surface area (Å²) in [4.78, 5) is 47.8. The first-order valence-electron chi connectivity index (χ1n) is 17.9. The van der Waals surface area contributed by atoms with Crippen LogP contribution in [0.15, 0.2) is 39.9 Å². The van der Waals surface area contributed by atoms with Gasteiger partial charge in [0, 0.05) is 31.8 Å². The molecule has 5 rings (SSSR count). The van der Waals surface area contributed by atoms with Gasteiger partial charge in [0.15, 0.2) is 5.65 Å². The highest BCUT2D eigenvalue weighted by molar-refractivity contribution is 5.87. The predicted molar refractivity (Wildman–Crippen MR) is 188 cm³/mol. The molecule has 2 aliphatic carbocycles. The number of esters is 1. The summed E-state index contributed by atoms with van der Waals surface area (Å²) >= 11 is 0. The minimum absolute atomic E-state index is 0.141. The molecular weight excluding hydrogens is 628 g/mol. The van der Waals surface area contributed by atoms with Crippen molar-refractivity contribution in [1.29, 1.82) is 0 Å². The maximum absolute atomic E-state index is 13.9. The number of nitrogens with zero attached hydrogens (tertiary/aromatic N) is 3. The van der Waals surface area contributed by atoms with E-state index in [0.717, 1.165) is 49.7 Å². The average molecular weight is 681 g/mol. The molecule has 12 heteroatoms. The van der Waals surface area contributed by atoms with Crippen molar-refractivity contribution in [2.75, 3.05) is 60.0 Å². The van der Waals surface area contributed by atoms with Gasteiger partial charge in [0.1, 0.15) is 17.9 Å². The van der Waals surface area contributed by atoms with Crippen LogP contribution in [-0.2, 0) is 41.6 Å². The van der Waals surface area contributed by atoms with Crippen molar-refractivity contribution in [2.45, 2.75) is 77.3 Å². The van der Waals surface area contributed by atoms with Gasteiger partial charge in [-0.3, -0.25) is 13.9 Å². The third-order valence-electron chi connectivity index (χ3n) is 9.44. The van der Waals surface area contributed by atoms with E-state index >= 15 is 0 Å². The fourth-order valence-electron chi connectivity index (χ4n) is 6.73. The van der Waals surface area contributed by atoms with Crippen LogP contribution in [0.4, 0.5) is 0 Å². The number of hydrogen-bond donors (Lipinski definition) is 1. The molecule has 0 spiro atoms. The molecule has 2 heterocycles. The second kappa shape index (κ2) is 19.6. The van der Waals surface area contributed by atoms with Crippen molar-refractivity contribution >= 4 is 23.2 Å². The van der Waals surface area contributed by atoms with Crippen LogP contribution in [0, 0.1) is 11.8 Å². The molecule has 3 aromatic rings. The van der Waals surface area contributed by atoms with E-state index in [9.17, 15) is 14.4 Å². The van der Waals surface area contributed by atoms with Crippen LogP contribution in [0.25, 0.3) is 28.6 Å². The predicted octanol–water partition coefficient (Wildman–Crippen LogP) is 4.97. The Balaban J connectivity index is 1.17. The lowest BCUT2D eigenvalue weighted by Gasteiger charge is -2.24. The Morgan fingerprint density at radius 1 is 0.776 bits per heavy atom. The summed E-state index contributed by atoms with van der Waals surface area (Å²) in [5.41, 5.74) is 1.87. The normalized spacial score (nSPS) is 16.2. The Hall–Kier alpha value is -3.58. The second-order valence-corrected chi connectivity index (χ2v) is 13.1. The molecule has 0 radical (unpaired) electrons. The molecule has 0 atom stereocenters. The van der Waals surface area contributed by atoms with E-state index in [1.165, 1.54) is 36.3 Å². The van der Waals surface area contributed by atoms with Gasteiger partial charge in [0.25, 0.3) is 5.56 Å². The van der Waals surface area contributed by atoms with Gasteiger partial charge in [-0.05, 0) is 49.2 Å². The van der Waals surface area contributed by atoms with Crippen LogP contribution >= 0.6 is 0 Å².